The molecule has 0 spiro atoms. The molecule has 0 heterocycles. The van der Waals surface area contributed by atoms with Gasteiger partial charge in [-0.05, 0) is 31.0 Å². The van der Waals surface area contributed by atoms with Crippen molar-refractivity contribution in [3.05, 3.63) is 34.3 Å². The van der Waals surface area contributed by atoms with Crippen molar-refractivity contribution < 1.29 is 9.47 Å². The zero-order chi connectivity index (χ0) is 15.5. The first-order valence-corrected chi connectivity index (χ1v) is 7.94. The minimum Gasteiger partial charge on any atom is -0.380 e. The second-order valence-electron chi connectivity index (χ2n) is 4.80. The lowest BCUT2D eigenvalue weighted by molar-refractivity contribution is 0.0798. The molecule has 0 aliphatic rings. The molecule has 1 aromatic rings. The van der Waals surface area contributed by atoms with Crippen molar-refractivity contribution in [1.82, 2.24) is 4.90 Å². The number of rotatable bonds is 11. The fourth-order valence-electron chi connectivity index (χ4n) is 2.03. The van der Waals surface area contributed by atoms with Crippen molar-refractivity contribution in [2.45, 2.75) is 26.9 Å². The molecule has 0 fully saturated rings. The number of hydrogen-bond donors (Lipinski definition) is 1. The number of hydrogen-bond acceptors (Lipinski definition) is 4. The number of nitrogens with zero attached hydrogens (tertiary/aromatic N) is 1. The Bertz CT molecular complexity index is 392. The number of halogens is 1. The van der Waals surface area contributed by atoms with Gasteiger partial charge < -0.3 is 15.2 Å². The van der Waals surface area contributed by atoms with Crippen LogP contribution in [0.25, 0.3) is 0 Å². The van der Waals surface area contributed by atoms with Crippen molar-refractivity contribution in [3.63, 3.8) is 0 Å². The van der Waals surface area contributed by atoms with Crippen LogP contribution in [0.5, 0.6) is 0 Å². The Morgan fingerprint density at radius 3 is 2.19 bits per heavy atom. The molecule has 1 aromatic carbocycles. The van der Waals surface area contributed by atoms with Crippen LogP contribution in [0.1, 0.15) is 25.0 Å². The normalized spacial score (nSPS) is 11.3. The summed E-state index contributed by atoms with van der Waals surface area (Å²) in [6.07, 6.45) is 0. The molecule has 4 nitrogen and oxygen atoms in total. The third-order valence-electron chi connectivity index (χ3n) is 3.26. The maximum atomic E-state index is 6.33. The van der Waals surface area contributed by atoms with Gasteiger partial charge >= 0.3 is 0 Å². The Balaban J connectivity index is 2.60. The third kappa shape index (κ3) is 7.25. The van der Waals surface area contributed by atoms with E-state index in [0.717, 1.165) is 62.2 Å². The molecule has 0 aliphatic carbocycles. The van der Waals surface area contributed by atoms with Crippen molar-refractivity contribution in [2.75, 3.05) is 39.5 Å². The molecule has 0 amide bonds. The fraction of sp³-hybridized carbons (Fsp3) is 0.625. The highest BCUT2D eigenvalue weighted by molar-refractivity contribution is 6.31. The molecule has 0 bridgehead atoms. The summed E-state index contributed by atoms with van der Waals surface area (Å²) in [6, 6.07) is 6.03. The van der Waals surface area contributed by atoms with E-state index in [1.54, 1.807) is 0 Å². The van der Waals surface area contributed by atoms with E-state index in [1.165, 1.54) is 0 Å². The first kappa shape index (κ1) is 18.4. The van der Waals surface area contributed by atoms with E-state index in [2.05, 4.69) is 11.0 Å². The minimum atomic E-state index is 0.512. The second-order valence-corrected chi connectivity index (χ2v) is 5.21. The zero-order valence-corrected chi connectivity index (χ0v) is 13.9. The van der Waals surface area contributed by atoms with E-state index >= 15 is 0 Å². The lowest BCUT2D eigenvalue weighted by Crippen LogP contribution is -2.31. The van der Waals surface area contributed by atoms with Crippen LogP contribution in [-0.4, -0.2) is 44.4 Å². The first-order chi connectivity index (χ1) is 10.2. The van der Waals surface area contributed by atoms with Crippen LogP contribution >= 0.6 is 11.6 Å². The van der Waals surface area contributed by atoms with E-state index in [-0.39, 0.29) is 0 Å². The highest BCUT2D eigenvalue weighted by Gasteiger charge is 2.09. The summed E-state index contributed by atoms with van der Waals surface area (Å²) >= 11 is 6.33. The molecular weight excluding hydrogens is 288 g/mol. The van der Waals surface area contributed by atoms with Gasteiger partial charge in [0.1, 0.15) is 0 Å². The maximum absolute atomic E-state index is 6.33. The molecule has 0 radical (unpaired) electrons. The van der Waals surface area contributed by atoms with E-state index in [0.29, 0.717) is 6.54 Å². The third-order valence-corrected chi connectivity index (χ3v) is 3.61. The number of nitrogens with two attached hydrogens (primary N) is 1. The van der Waals surface area contributed by atoms with E-state index in [1.807, 2.05) is 26.0 Å². The van der Waals surface area contributed by atoms with Crippen LogP contribution in [0.15, 0.2) is 18.2 Å². The summed E-state index contributed by atoms with van der Waals surface area (Å²) in [6.45, 7) is 9.99. The molecule has 120 valence electrons. The van der Waals surface area contributed by atoms with E-state index < -0.39 is 0 Å². The Morgan fingerprint density at radius 2 is 1.71 bits per heavy atom. The number of ether oxygens (including phenoxy) is 2. The molecule has 0 saturated carbocycles. The molecule has 0 unspecified atom stereocenters. The predicted molar refractivity (Wildman–Crippen MR) is 87.6 cm³/mol. The van der Waals surface area contributed by atoms with Gasteiger partial charge in [0.2, 0.25) is 0 Å². The molecule has 2 N–H and O–H groups in total. The monoisotopic (exact) mass is 314 g/mol. The summed E-state index contributed by atoms with van der Waals surface area (Å²) < 4.78 is 10.9. The summed E-state index contributed by atoms with van der Waals surface area (Å²) in [4.78, 5) is 2.30. The standard InChI is InChI=1S/C16H27ClN2O2/c1-3-20-9-7-19(8-10-21-4-2)13-15-6-5-14(12-18)11-16(15)17/h5-6,11H,3-4,7-10,12-13,18H2,1-2H3. The Morgan fingerprint density at radius 1 is 1.10 bits per heavy atom. The van der Waals surface area contributed by atoms with E-state index in [9.17, 15) is 0 Å². The summed E-state index contributed by atoms with van der Waals surface area (Å²) in [7, 11) is 0. The van der Waals surface area contributed by atoms with Crippen molar-refractivity contribution in [2.24, 2.45) is 5.73 Å². The lowest BCUT2D eigenvalue weighted by atomic mass is 10.1. The quantitative estimate of drug-likeness (QED) is 0.638. The minimum absolute atomic E-state index is 0.512. The van der Waals surface area contributed by atoms with Gasteiger partial charge in [0.25, 0.3) is 0 Å². The van der Waals surface area contributed by atoms with Crippen LogP contribution < -0.4 is 5.73 Å². The molecule has 21 heavy (non-hydrogen) atoms. The Kier molecular flexibility index (Phi) is 9.63. The van der Waals surface area contributed by atoms with Gasteiger partial charge in [0.05, 0.1) is 13.2 Å². The number of benzene rings is 1. The van der Waals surface area contributed by atoms with E-state index in [4.69, 9.17) is 26.8 Å². The summed E-state index contributed by atoms with van der Waals surface area (Å²) in [5.41, 5.74) is 7.80. The van der Waals surface area contributed by atoms with Crippen LogP contribution in [0, 0.1) is 0 Å². The fourth-order valence-corrected chi connectivity index (χ4v) is 2.30. The van der Waals surface area contributed by atoms with Gasteiger partial charge in [-0.3, -0.25) is 4.90 Å². The largest absolute Gasteiger partial charge is 0.380 e. The SMILES string of the molecule is CCOCCN(CCOCC)Cc1ccc(CN)cc1Cl. The molecule has 0 aromatic heterocycles. The van der Waals surface area contributed by atoms with Crippen LogP contribution in [0.4, 0.5) is 0 Å². The second kappa shape index (κ2) is 11.0. The van der Waals surface area contributed by atoms with Gasteiger partial charge in [-0.25, -0.2) is 0 Å². The molecule has 5 heteroatoms. The maximum Gasteiger partial charge on any atom is 0.0593 e. The van der Waals surface area contributed by atoms with Crippen LogP contribution in [0.3, 0.4) is 0 Å². The Hall–Kier alpha value is -0.650. The van der Waals surface area contributed by atoms with Gasteiger partial charge in [0, 0.05) is 44.4 Å². The lowest BCUT2D eigenvalue weighted by Gasteiger charge is -2.23. The van der Waals surface area contributed by atoms with Crippen molar-refractivity contribution >= 4 is 11.6 Å². The first-order valence-electron chi connectivity index (χ1n) is 7.56. The molecule has 1 rings (SSSR count). The molecule has 0 saturated heterocycles. The van der Waals surface area contributed by atoms with Crippen LogP contribution in [0.2, 0.25) is 5.02 Å². The average Bonchev–Trinajstić information content (AvgIpc) is 2.49. The molecule has 0 atom stereocenters. The topological polar surface area (TPSA) is 47.7 Å². The highest BCUT2D eigenvalue weighted by atomic mass is 35.5. The highest BCUT2D eigenvalue weighted by Crippen LogP contribution is 2.19. The summed E-state index contributed by atoms with van der Waals surface area (Å²) in [5.74, 6) is 0. The van der Waals surface area contributed by atoms with Gasteiger partial charge in [-0.1, -0.05) is 23.7 Å². The summed E-state index contributed by atoms with van der Waals surface area (Å²) in [5, 5.41) is 0.774. The zero-order valence-electron chi connectivity index (χ0n) is 13.1. The van der Waals surface area contributed by atoms with Gasteiger partial charge in [0.15, 0.2) is 0 Å². The Labute approximate surface area is 133 Å². The van der Waals surface area contributed by atoms with Gasteiger partial charge in [-0.2, -0.15) is 0 Å². The molecule has 0 aliphatic heterocycles. The van der Waals surface area contributed by atoms with Gasteiger partial charge in [-0.15, -0.1) is 0 Å². The smallest absolute Gasteiger partial charge is 0.0593 e. The van der Waals surface area contributed by atoms with Crippen LogP contribution in [-0.2, 0) is 22.6 Å². The van der Waals surface area contributed by atoms with Crippen molar-refractivity contribution in [1.29, 1.82) is 0 Å². The van der Waals surface area contributed by atoms with Crippen molar-refractivity contribution in [3.8, 4) is 0 Å². The predicted octanol–water partition coefficient (Wildman–Crippen LogP) is 2.67. The molecular formula is C16H27ClN2O2. The average molecular weight is 315 g/mol.